The Hall–Kier alpha value is -2.52. The number of amides is 4. The molecule has 1 saturated heterocycles. The van der Waals surface area contributed by atoms with E-state index in [1.807, 2.05) is 5.32 Å². The summed E-state index contributed by atoms with van der Waals surface area (Å²) in [5.74, 6) is -1.55. The number of nitrogens with one attached hydrogen (secondary N) is 2. The van der Waals surface area contributed by atoms with Gasteiger partial charge in [0.2, 0.25) is 12.2 Å². The van der Waals surface area contributed by atoms with Crippen molar-refractivity contribution in [1.29, 1.82) is 0 Å². The van der Waals surface area contributed by atoms with Crippen LogP contribution >= 0.6 is 0 Å². The number of carbonyl (C=O) groups excluding carboxylic acids is 3. The van der Waals surface area contributed by atoms with E-state index in [0.29, 0.717) is 4.90 Å². The number of hydrogen-bond acceptors (Lipinski definition) is 6. The number of hydrogen-bond donors (Lipinski definition) is 2. The summed E-state index contributed by atoms with van der Waals surface area (Å²) in [5, 5.41) is 15.8. The molecular formula is C6H7N5O5. The first kappa shape index (κ1) is 11.6. The van der Waals surface area contributed by atoms with Crippen LogP contribution in [0.25, 0.3) is 0 Å². The average Bonchev–Trinajstić information content (AvgIpc) is 2.22. The maximum absolute atomic E-state index is 11.4. The predicted octanol–water partition coefficient (Wildman–Crippen LogP) is -2.13. The van der Waals surface area contributed by atoms with Crippen molar-refractivity contribution >= 4 is 24.2 Å². The molecule has 10 heteroatoms. The Labute approximate surface area is 88.4 Å². The molecule has 16 heavy (non-hydrogen) atoms. The number of nitro groups is 1. The van der Waals surface area contributed by atoms with Crippen LogP contribution in [0.3, 0.4) is 0 Å². The lowest BCUT2D eigenvalue weighted by Crippen LogP contribution is -2.62. The quantitative estimate of drug-likeness (QED) is 0.324. The summed E-state index contributed by atoms with van der Waals surface area (Å²) in [6.07, 6.45) is 0.152. The van der Waals surface area contributed by atoms with Gasteiger partial charge in [-0.15, -0.1) is 0 Å². The average molecular weight is 229 g/mol. The highest BCUT2D eigenvalue weighted by Crippen LogP contribution is 2.05. The largest absolute Gasteiger partial charge is 0.348 e. The van der Waals surface area contributed by atoms with E-state index in [0.717, 1.165) is 7.05 Å². The van der Waals surface area contributed by atoms with E-state index in [2.05, 4.69) is 5.10 Å². The predicted molar refractivity (Wildman–Crippen MR) is 48.7 cm³/mol. The Morgan fingerprint density at radius 1 is 1.62 bits per heavy atom. The highest BCUT2D eigenvalue weighted by Gasteiger charge is 2.45. The van der Waals surface area contributed by atoms with Gasteiger partial charge in [0.25, 0.3) is 0 Å². The molecule has 1 rings (SSSR count). The third kappa shape index (κ3) is 1.94. The molecule has 1 aliphatic heterocycles. The number of nitrogens with zero attached hydrogens (tertiary/aromatic N) is 3. The molecule has 2 N–H and O–H groups in total. The van der Waals surface area contributed by atoms with Gasteiger partial charge in [-0.05, 0) is 0 Å². The molecule has 0 radical (unpaired) electrons. The van der Waals surface area contributed by atoms with Gasteiger partial charge in [0.15, 0.2) is 0 Å². The first-order valence-electron chi connectivity index (χ1n) is 3.97. The highest BCUT2D eigenvalue weighted by atomic mass is 16.6. The van der Waals surface area contributed by atoms with Crippen LogP contribution in [-0.4, -0.2) is 47.1 Å². The fourth-order valence-electron chi connectivity index (χ4n) is 1.04. The topological polar surface area (TPSA) is 134 Å². The minimum absolute atomic E-state index is 0.152. The Kier molecular flexibility index (Phi) is 3.13. The highest BCUT2D eigenvalue weighted by molar-refractivity contribution is 6.19. The van der Waals surface area contributed by atoms with Gasteiger partial charge in [-0.25, -0.2) is 10.2 Å². The van der Waals surface area contributed by atoms with E-state index in [1.165, 1.54) is 0 Å². The van der Waals surface area contributed by atoms with Gasteiger partial charge in [0.1, 0.15) is 0 Å². The second-order valence-electron chi connectivity index (χ2n) is 2.76. The maximum atomic E-state index is 11.4. The fraction of sp³-hybridized carbons (Fsp3) is 0.333. The van der Waals surface area contributed by atoms with Crippen molar-refractivity contribution in [2.24, 2.45) is 5.10 Å². The van der Waals surface area contributed by atoms with Gasteiger partial charge in [0, 0.05) is 12.0 Å². The summed E-state index contributed by atoms with van der Waals surface area (Å²) in [5.41, 5.74) is 1.78. The second-order valence-corrected chi connectivity index (χ2v) is 2.76. The van der Waals surface area contributed by atoms with Crippen molar-refractivity contribution in [1.82, 2.24) is 15.6 Å². The molecule has 0 aromatic heterocycles. The normalized spacial score (nSPS) is 22.9. The minimum Gasteiger partial charge on any atom is -0.288 e. The van der Waals surface area contributed by atoms with Crippen LogP contribution in [0.2, 0.25) is 0 Å². The number of urea groups is 1. The van der Waals surface area contributed by atoms with Gasteiger partial charge in [0.05, 0.1) is 0 Å². The Morgan fingerprint density at radius 3 is 2.75 bits per heavy atom. The molecule has 0 aromatic carbocycles. The van der Waals surface area contributed by atoms with Crippen molar-refractivity contribution in [3.05, 3.63) is 10.1 Å². The molecule has 0 aromatic rings. The molecule has 0 bridgehead atoms. The van der Waals surface area contributed by atoms with Crippen LogP contribution in [0.1, 0.15) is 0 Å². The second kappa shape index (κ2) is 4.33. The van der Waals surface area contributed by atoms with E-state index in [-0.39, 0.29) is 6.41 Å². The summed E-state index contributed by atoms with van der Waals surface area (Å²) in [6, 6.07) is -2.68. The molecule has 10 nitrogen and oxygen atoms in total. The zero-order chi connectivity index (χ0) is 12.3. The zero-order valence-corrected chi connectivity index (χ0v) is 8.04. The van der Waals surface area contributed by atoms with Crippen LogP contribution in [0.15, 0.2) is 5.10 Å². The molecule has 0 unspecified atom stereocenters. The first-order valence-corrected chi connectivity index (χ1v) is 3.97. The summed E-state index contributed by atoms with van der Waals surface area (Å²) >= 11 is 0. The summed E-state index contributed by atoms with van der Waals surface area (Å²) in [7, 11) is 1.10. The summed E-state index contributed by atoms with van der Waals surface area (Å²) < 4.78 is 0. The van der Waals surface area contributed by atoms with Crippen molar-refractivity contribution in [3.8, 4) is 0 Å². The lowest BCUT2D eigenvalue weighted by molar-refractivity contribution is -0.491. The number of imide groups is 1. The van der Waals surface area contributed by atoms with Crippen molar-refractivity contribution in [2.75, 3.05) is 7.05 Å². The van der Waals surface area contributed by atoms with E-state index >= 15 is 0 Å². The minimum atomic E-state index is -1.82. The SMILES string of the molecule is CN1C(=O)NC(=NNC=O)[C@H]([N+](=O)[O-])C1=O. The molecule has 4 amide bonds. The lowest BCUT2D eigenvalue weighted by Gasteiger charge is -2.24. The smallest absolute Gasteiger partial charge is 0.288 e. The number of rotatable bonds is 3. The van der Waals surface area contributed by atoms with Crippen LogP contribution in [0.4, 0.5) is 4.79 Å². The molecule has 1 aliphatic rings. The summed E-state index contributed by atoms with van der Waals surface area (Å²) in [6.45, 7) is 0. The van der Waals surface area contributed by atoms with Crippen LogP contribution in [0, 0.1) is 10.1 Å². The number of amidine groups is 1. The monoisotopic (exact) mass is 229 g/mol. The van der Waals surface area contributed by atoms with Gasteiger partial charge in [-0.3, -0.25) is 29.9 Å². The van der Waals surface area contributed by atoms with E-state index in [1.54, 1.807) is 5.43 Å². The lowest BCUT2D eigenvalue weighted by atomic mass is 10.2. The molecule has 1 atom stereocenters. The third-order valence-electron chi connectivity index (χ3n) is 1.81. The molecule has 1 heterocycles. The number of likely N-dealkylation sites (N-methyl/N-ethyl adjacent to an activating group) is 1. The molecule has 0 spiro atoms. The Balaban J connectivity index is 3.06. The molecule has 0 aliphatic carbocycles. The van der Waals surface area contributed by atoms with E-state index in [4.69, 9.17) is 0 Å². The Bertz CT molecular complexity index is 391. The van der Waals surface area contributed by atoms with Crippen molar-refractivity contribution in [2.45, 2.75) is 6.04 Å². The summed E-state index contributed by atoms with van der Waals surface area (Å²) in [4.78, 5) is 42.7. The molecule has 86 valence electrons. The maximum Gasteiger partial charge on any atom is 0.348 e. The third-order valence-corrected chi connectivity index (χ3v) is 1.81. The molecular weight excluding hydrogens is 222 g/mol. The van der Waals surface area contributed by atoms with Crippen LogP contribution in [0.5, 0.6) is 0 Å². The van der Waals surface area contributed by atoms with Gasteiger partial charge in [-0.2, -0.15) is 5.10 Å². The molecule has 0 saturated carbocycles. The molecule has 1 fully saturated rings. The standard InChI is InChI=1S/C6H7N5O5/c1-10-5(13)3(11(15)16)4(8-6(10)14)9-7-2-12/h2-3H,1H3,(H,7,12)(H,8,9,14)/t3-/m0/s1. The fourth-order valence-corrected chi connectivity index (χ4v) is 1.04. The first-order chi connectivity index (χ1) is 7.49. The van der Waals surface area contributed by atoms with Crippen LogP contribution in [-0.2, 0) is 9.59 Å². The van der Waals surface area contributed by atoms with E-state index < -0.39 is 28.7 Å². The van der Waals surface area contributed by atoms with Gasteiger partial charge >= 0.3 is 18.0 Å². The van der Waals surface area contributed by atoms with Crippen LogP contribution < -0.4 is 10.7 Å². The van der Waals surface area contributed by atoms with Crippen molar-refractivity contribution < 1.29 is 19.3 Å². The van der Waals surface area contributed by atoms with E-state index in [9.17, 15) is 24.5 Å². The van der Waals surface area contributed by atoms with Gasteiger partial charge < -0.3 is 0 Å². The Morgan fingerprint density at radius 2 is 2.25 bits per heavy atom. The number of carbonyl (C=O) groups is 3. The van der Waals surface area contributed by atoms with Crippen molar-refractivity contribution in [3.63, 3.8) is 0 Å². The van der Waals surface area contributed by atoms with Gasteiger partial charge in [-0.1, -0.05) is 0 Å². The zero-order valence-electron chi connectivity index (χ0n) is 8.04. The number of hydrazone groups is 1.